The summed E-state index contributed by atoms with van der Waals surface area (Å²) in [5.41, 5.74) is 8.00. The van der Waals surface area contributed by atoms with Gasteiger partial charge >= 0.3 is 5.97 Å². The fourth-order valence-corrected chi connectivity index (χ4v) is 4.55. The summed E-state index contributed by atoms with van der Waals surface area (Å²) in [5, 5.41) is 3.09. The molecule has 148 valence electrons. The van der Waals surface area contributed by atoms with E-state index in [4.69, 9.17) is 15.2 Å². The summed E-state index contributed by atoms with van der Waals surface area (Å²) in [6.45, 7) is 1.40. The first-order chi connectivity index (χ1) is 13.4. The van der Waals surface area contributed by atoms with Crippen LogP contribution in [0.3, 0.4) is 0 Å². The van der Waals surface area contributed by atoms with Gasteiger partial charge in [0.25, 0.3) is 11.8 Å². The van der Waals surface area contributed by atoms with Gasteiger partial charge in [0.05, 0.1) is 18.2 Å². The molecule has 0 fully saturated rings. The first-order valence-electron chi connectivity index (χ1n) is 8.96. The van der Waals surface area contributed by atoms with E-state index >= 15 is 0 Å². The van der Waals surface area contributed by atoms with E-state index < -0.39 is 24.4 Å². The number of hydrogen-bond donors (Lipinski definition) is 2. The number of nitrogens with two attached hydrogens (primary N) is 1. The van der Waals surface area contributed by atoms with Crippen LogP contribution in [0.1, 0.15) is 49.6 Å². The molecule has 0 saturated heterocycles. The molecule has 1 aromatic carbocycles. The van der Waals surface area contributed by atoms with E-state index in [0.29, 0.717) is 21.9 Å². The molecule has 1 heterocycles. The third kappa shape index (κ3) is 4.17. The van der Waals surface area contributed by atoms with E-state index in [9.17, 15) is 14.4 Å². The lowest BCUT2D eigenvalue weighted by Gasteiger charge is -2.11. The molecular formula is C20H22N2O5S. The van der Waals surface area contributed by atoms with E-state index in [1.54, 1.807) is 18.2 Å². The molecule has 2 aromatic rings. The molecule has 7 nitrogen and oxygen atoms in total. The molecule has 0 spiro atoms. The molecule has 8 heteroatoms. The van der Waals surface area contributed by atoms with Crippen molar-refractivity contribution in [3.63, 3.8) is 0 Å². The van der Waals surface area contributed by atoms with Gasteiger partial charge in [-0.05, 0) is 55.9 Å². The third-order valence-corrected chi connectivity index (χ3v) is 5.86. The Hall–Kier alpha value is -2.87. The highest BCUT2D eigenvalue weighted by atomic mass is 32.1. The molecular weight excluding hydrogens is 380 g/mol. The predicted molar refractivity (Wildman–Crippen MR) is 106 cm³/mol. The van der Waals surface area contributed by atoms with Crippen LogP contribution in [-0.4, -0.2) is 31.5 Å². The highest BCUT2D eigenvalue weighted by molar-refractivity contribution is 7.17. The Morgan fingerprint density at radius 3 is 2.68 bits per heavy atom. The maximum absolute atomic E-state index is 12.3. The Kier molecular flexibility index (Phi) is 5.99. The first kappa shape index (κ1) is 19.9. The van der Waals surface area contributed by atoms with Crippen LogP contribution in [0.2, 0.25) is 0 Å². The van der Waals surface area contributed by atoms with Gasteiger partial charge in [0, 0.05) is 4.88 Å². The Balaban J connectivity index is 1.66. The molecule has 3 N–H and O–H groups in total. The van der Waals surface area contributed by atoms with Crippen LogP contribution >= 0.6 is 11.3 Å². The van der Waals surface area contributed by atoms with Gasteiger partial charge in [-0.3, -0.25) is 9.59 Å². The summed E-state index contributed by atoms with van der Waals surface area (Å²) in [5.74, 6) is -1.14. The Labute approximate surface area is 166 Å². The SMILES string of the molecule is COc1cc(C(=O)OCC(=O)Nc2sc3c(c2C(N)=O)CCCC3)ccc1C. The summed E-state index contributed by atoms with van der Waals surface area (Å²) in [7, 11) is 1.52. The average molecular weight is 402 g/mol. The summed E-state index contributed by atoms with van der Waals surface area (Å²) in [6, 6.07) is 4.91. The van der Waals surface area contributed by atoms with Crippen LogP contribution in [0.5, 0.6) is 5.75 Å². The van der Waals surface area contributed by atoms with Crippen molar-refractivity contribution in [2.45, 2.75) is 32.6 Å². The fourth-order valence-electron chi connectivity index (χ4n) is 3.24. The van der Waals surface area contributed by atoms with E-state index in [1.165, 1.54) is 18.4 Å². The van der Waals surface area contributed by atoms with Gasteiger partial charge in [0.1, 0.15) is 10.8 Å². The lowest BCUT2D eigenvalue weighted by atomic mass is 9.95. The van der Waals surface area contributed by atoms with Crippen LogP contribution in [0.25, 0.3) is 0 Å². The second-order valence-corrected chi connectivity index (χ2v) is 7.69. The summed E-state index contributed by atoms with van der Waals surface area (Å²) < 4.78 is 10.3. The molecule has 0 atom stereocenters. The number of anilines is 1. The van der Waals surface area contributed by atoms with Gasteiger partial charge in [-0.2, -0.15) is 0 Å². The second-order valence-electron chi connectivity index (χ2n) is 6.59. The molecule has 1 aliphatic rings. The molecule has 0 aliphatic heterocycles. The number of ether oxygens (including phenoxy) is 2. The quantitative estimate of drug-likeness (QED) is 0.723. The number of benzene rings is 1. The van der Waals surface area contributed by atoms with E-state index in [0.717, 1.165) is 41.7 Å². The number of esters is 1. The topological polar surface area (TPSA) is 108 Å². The number of primary amides is 1. The van der Waals surface area contributed by atoms with Crippen molar-refractivity contribution in [3.05, 3.63) is 45.3 Å². The Bertz CT molecular complexity index is 935. The van der Waals surface area contributed by atoms with Crippen LogP contribution in [0.15, 0.2) is 18.2 Å². The maximum atomic E-state index is 12.3. The number of carbonyl (C=O) groups is 3. The summed E-state index contributed by atoms with van der Waals surface area (Å²) in [4.78, 5) is 37.4. The molecule has 3 rings (SSSR count). The van der Waals surface area contributed by atoms with Gasteiger partial charge in [0.15, 0.2) is 6.61 Å². The van der Waals surface area contributed by atoms with Crippen LogP contribution in [0, 0.1) is 6.92 Å². The fraction of sp³-hybridized carbons (Fsp3) is 0.350. The van der Waals surface area contributed by atoms with Crippen LogP contribution in [-0.2, 0) is 22.4 Å². The molecule has 2 amide bonds. The molecule has 0 bridgehead atoms. The van der Waals surface area contributed by atoms with Crippen molar-refractivity contribution in [1.82, 2.24) is 0 Å². The number of carbonyl (C=O) groups excluding carboxylic acids is 3. The lowest BCUT2D eigenvalue weighted by molar-refractivity contribution is -0.119. The Morgan fingerprint density at radius 1 is 1.21 bits per heavy atom. The summed E-state index contributed by atoms with van der Waals surface area (Å²) >= 11 is 1.37. The zero-order valence-electron chi connectivity index (χ0n) is 15.8. The van der Waals surface area contributed by atoms with E-state index in [-0.39, 0.29) is 0 Å². The van der Waals surface area contributed by atoms with E-state index in [2.05, 4.69) is 5.32 Å². The number of aryl methyl sites for hydroxylation is 2. The molecule has 1 aromatic heterocycles. The van der Waals surface area contributed by atoms with Crippen LogP contribution < -0.4 is 15.8 Å². The minimum atomic E-state index is -0.631. The smallest absolute Gasteiger partial charge is 0.338 e. The van der Waals surface area contributed by atoms with Gasteiger partial charge in [0.2, 0.25) is 0 Å². The standard InChI is InChI=1S/C20H22N2O5S/c1-11-7-8-12(9-14(11)26-2)20(25)27-10-16(23)22-19-17(18(21)24)13-5-3-4-6-15(13)28-19/h7-9H,3-6,10H2,1-2H3,(H2,21,24)(H,22,23). The van der Waals surface area contributed by atoms with Gasteiger partial charge in [-0.1, -0.05) is 6.07 Å². The third-order valence-electron chi connectivity index (χ3n) is 4.65. The zero-order valence-corrected chi connectivity index (χ0v) is 16.6. The van der Waals surface area contributed by atoms with Gasteiger partial charge in [-0.15, -0.1) is 11.3 Å². The lowest BCUT2D eigenvalue weighted by Crippen LogP contribution is -2.23. The number of hydrogen-bond acceptors (Lipinski definition) is 6. The minimum absolute atomic E-state index is 0.291. The highest BCUT2D eigenvalue weighted by Gasteiger charge is 2.25. The van der Waals surface area contributed by atoms with Crippen molar-refractivity contribution in [3.8, 4) is 5.75 Å². The minimum Gasteiger partial charge on any atom is -0.496 e. The number of nitrogens with one attached hydrogen (secondary N) is 1. The monoisotopic (exact) mass is 402 g/mol. The zero-order chi connectivity index (χ0) is 20.3. The average Bonchev–Trinajstić information content (AvgIpc) is 3.04. The normalized spacial score (nSPS) is 12.8. The Morgan fingerprint density at radius 2 is 1.96 bits per heavy atom. The second kappa shape index (κ2) is 8.43. The largest absolute Gasteiger partial charge is 0.496 e. The van der Waals surface area contributed by atoms with Crippen LogP contribution in [0.4, 0.5) is 5.00 Å². The van der Waals surface area contributed by atoms with Crippen molar-refractivity contribution in [2.24, 2.45) is 5.73 Å². The van der Waals surface area contributed by atoms with Crippen molar-refractivity contribution < 1.29 is 23.9 Å². The molecule has 28 heavy (non-hydrogen) atoms. The van der Waals surface area contributed by atoms with Gasteiger partial charge in [-0.25, -0.2) is 4.79 Å². The maximum Gasteiger partial charge on any atom is 0.338 e. The molecule has 0 radical (unpaired) electrons. The van der Waals surface area contributed by atoms with Crippen molar-refractivity contribution in [1.29, 1.82) is 0 Å². The number of thiophene rings is 1. The predicted octanol–water partition coefficient (Wildman–Crippen LogP) is 2.84. The van der Waals surface area contributed by atoms with E-state index in [1.807, 2.05) is 6.92 Å². The molecule has 0 saturated carbocycles. The van der Waals surface area contributed by atoms with Crippen molar-refractivity contribution in [2.75, 3.05) is 19.0 Å². The number of rotatable bonds is 6. The first-order valence-corrected chi connectivity index (χ1v) is 9.78. The number of fused-ring (bicyclic) bond motifs is 1. The number of amides is 2. The highest BCUT2D eigenvalue weighted by Crippen LogP contribution is 2.37. The summed E-state index contributed by atoms with van der Waals surface area (Å²) in [6.07, 6.45) is 3.70. The van der Waals surface area contributed by atoms with Gasteiger partial charge < -0.3 is 20.5 Å². The van der Waals surface area contributed by atoms with Crippen molar-refractivity contribution >= 4 is 34.1 Å². The molecule has 1 aliphatic carbocycles. The number of methoxy groups -OCH3 is 1. The molecule has 0 unspecified atom stereocenters.